The Morgan fingerprint density at radius 2 is 1.95 bits per heavy atom. The molecule has 0 N–H and O–H groups in total. The second-order valence-corrected chi connectivity index (χ2v) is 5.43. The van der Waals surface area contributed by atoms with Crippen molar-refractivity contribution < 1.29 is 0 Å². The predicted octanol–water partition coefficient (Wildman–Crippen LogP) is 4.41. The molecular weight excluding hydrogens is 244 g/mol. The van der Waals surface area contributed by atoms with Crippen molar-refractivity contribution in [1.29, 1.82) is 0 Å². The number of hydrogen-bond acceptors (Lipinski definition) is 1. The zero-order valence-electron chi connectivity index (χ0n) is 13.0. The van der Waals surface area contributed by atoms with Crippen LogP contribution in [-0.4, -0.2) is 22.6 Å². The van der Waals surface area contributed by atoms with Crippen molar-refractivity contribution in [3.63, 3.8) is 0 Å². The van der Waals surface area contributed by atoms with Crippen LogP contribution in [0.15, 0.2) is 42.6 Å². The molecule has 0 bridgehead atoms. The van der Waals surface area contributed by atoms with E-state index in [4.69, 9.17) is 0 Å². The molecule has 20 heavy (non-hydrogen) atoms. The van der Waals surface area contributed by atoms with Gasteiger partial charge in [0.25, 0.3) is 0 Å². The van der Waals surface area contributed by atoms with E-state index in [2.05, 4.69) is 72.8 Å². The highest BCUT2D eigenvalue weighted by Gasteiger charge is 2.08. The van der Waals surface area contributed by atoms with Crippen molar-refractivity contribution in [1.82, 2.24) is 9.47 Å². The highest BCUT2D eigenvalue weighted by molar-refractivity contribution is 5.38. The van der Waals surface area contributed by atoms with Gasteiger partial charge in [0.15, 0.2) is 0 Å². The number of rotatable bonds is 7. The Bertz CT molecular complexity index is 528. The van der Waals surface area contributed by atoms with Crippen molar-refractivity contribution in [3.05, 3.63) is 53.9 Å². The number of unbranched alkanes of at least 4 members (excludes halogenated alkanes) is 1. The van der Waals surface area contributed by atoms with Gasteiger partial charge in [0.2, 0.25) is 0 Å². The van der Waals surface area contributed by atoms with Gasteiger partial charge in [-0.2, -0.15) is 0 Å². The summed E-state index contributed by atoms with van der Waals surface area (Å²) in [5, 5.41) is 0. The fourth-order valence-electron chi connectivity index (χ4n) is 2.53. The van der Waals surface area contributed by atoms with Gasteiger partial charge in [-0.3, -0.25) is 4.90 Å². The first-order valence-electron chi connectivity index (χ1n) is 7.70. The van der Waals surface area contributed by atoms with Crippen LogP contribution in [0, 0.1) is 6.92 Å². The molecule has 1 aromatic heterocycles. The van der Waals surface area contributed by atoms with Crippen LogP contribution >= 0.6 is 0 Å². The number of nitrogens with zero attached hydrogens (tertiary/aromatic N) is 2. The first-order valence-corrected chi connectivity index (χ1v) is 7.70. The fraction of sp³-hybridized carbons (Fsp3) is 0.444. The van der Waals surface area contributed by atoms with E-state index in [9.17, 15) is 0 Å². The van der Waals surface area contributed by atoms with Crippen molar-refractivity contribution in [2.45, 2.75) is 40.2 Å². The van der Waals surface area contributed by atoms with Gasteiger partial charge < -0.3 is 4.57 Å². The molecule has 0 aliphatic carbocycles. The molecule has 2 aromatic rings. The molecule has 0 unspecified atom stereocenters. The standard InChI is InChI=1S/C18H26N2/c1-4-6-12-19(5-2)15-18-11-8-13-20(18)17-10-7-9-16(3)14-17/h7-11,13-14H,4-6,12,15H2,1-3H3. The molecule has 2 nitrogen and oxygen atoms in total. The van der Waals surface area contributed by atoms with Crippen LogP contribution in [-0.2, 0) is 6.54 Å². The maximum atomic E-state index is 2.52. The molecule has 0 fully saturated rings. The molecule has 0 saturated carbocycles. The smallest absolute Gasteiger partial charge is 0.0455 e. The monoisotopic (exact) mass is 270 g/mol. The minimum absolute atomic E-state index is 1.03. The summed E-state index contributed by atoms with van der Waals surface area (Å²) in [5.74, 6) is 0. The zero-order chi connectivity index (χ0) is 14.4. The zero-order valence-corrected chi connectivity index (χ0v) is 13.0. The van der Waals surface area contributed by atoms with E-state index < -0.39 is 0 Å². The second-order valence-electron chi connectivity index (χ2n) is 5.43. The highest BCUT2D eigenvalue weighted by atomic mass is 15.1. The summed E-state index contributed by atoms with van der Waals surface area (Å²) in [5.41, 5.74) is 3.94. The summed E-state index contributed by atoms with van der Waals surface area (Å²) in [6.45, 7) is 9.97. The van der Waals surface area contributed by atoms with E-state index in [1.54, 1.807) is 0 Å². The average molecular weight is 270 g/mol. The van der Waals surface area contributed by atoms with Crippen LogP contribution < -0.4 is 0 Å². The van der Waals surface area contributed by atoms with E-state index in [0.29, 0.717) is 0 Å². The summed E-state index contributed by atoms with van der Waals surface area (Å²) in [6, 6.07) is 13.1. The highest BCUT2D eigenvalue weighted by Crippen LogP contribution is 2.16. The Morgan fingerprint density at radius 3 is 2.65 bits per heavy atom. The van der Waals surface area contributed by atoms with Crippen molar-refractivity contribution in [2.75, 3.05) is 13.1 Å². The van der Waals surface area contributed by atoms with Crippen molar-refractivity contribution >= 4 is 0 Å². The van der Waals surface area contributed by atoms with E-state index in [1.807, 2.05) is 0 Å². The maximum Gasteiger partial charge on any atom is 0.0455 e. The molecule has 0 aliphatic rings. The first kappa shape index (κ1) is 14.9. The first-order chi connectivity index (χ1) is 9.74. The molecule has 0 saturated heterocycles. The van der Waals surface area contributed by atoms with E-state index in [-0.39, 0.29) is 0 Å². The predicted molar refractivity (Wildman–Crippen MR) is 86.4 cm³/mol. The van der Waals surface area contributed by atoms with Crippen LogP contribution in [0.4, 0.5) is 0 Å². The third-order valence-corrected chi connectivity index (χ3v) is 3.77. The Labute approximate surface area is 123 Å². The summed E-state index contributed by atoms with van der Waals surface area (Å²) < 4.78 is 2.31. The number of benzene rings is 1. The lowest BCUT2D eigenvalue weighted by atomic mass is 10.2. The van der Waals surface area contributed by atoms with Crippen LogP contribution in [0.3, 0.4) is 0 Å². The average Bonchev–Trinajstić information content (AvgIpc) is 2.91. The summed E-state index contributed by atoms with van der Waals surface area (Å²) in [4.78, 5) is 2.52. The van der Waals surface area contributed by atoms with E-state index in [0.717, 1.165) is 13.1 Å². The number of hydrogen-bond donors (Lipinski definition) is 0. The lowest BCUT2D eigenvalue weighted by Crippen LogP contribution is -2.25. The minimum Gasteiger partial charge on any atom is -0.320 e. The van der Waals surface area contributed by atoms with Crippen LogP contribution in [0.5, 0.6) is 0 Å². The second kappa shape index (κ2) is 7.30. The van der Waals surface area contributed by atoms with Crippen molar-refractivity contribution in [2.24, 2.45) is 0 Å². The Balaban J connectivity index is 2.16. The summed E-state index contributed by atoms with van der Waals surface area (Å²) in [7, 11) is 0. The molecule has 0 spiro atoms. The molecule has 1 aromatic carbocycles. The summed E-state index contributed by atoms with van der Waals surface area (Å²) >= 11 is 0. The van der Waals surface area contributed by atoms with Crippen LogP contribution in [0.1, 0.15) is 37.9 Å². The normalized spacial score (nSPS) is 11.2. The fourth-order valence-corrected chi connectivity index (χ4v) is 2.53. The number of aromatic nitrogens is 1. The molecule has 1 heterocycles. The molecule has 0 radical (unpaired) electrons. The molecule has 2 rings (SSSR count). The Hall–Kier alpha value is -1.54. The van der Waals surface area contributed by atoms with Gasteiger partial charge >= 0.3 is 0 Å². The molecule has 0 amide bonds. The minimum atomic E-state index is 1.03. The maximum absolute atomic E-state index is 2.52. The largest absolute Gasteiger partial charge is 0.320 e. The summed E-state index contributed by atoms with van der Waals surface area (Å²) in [6.07, 6.45) is 4.70. The van der Waals surface area contributed by atoms with Gasteiger partial charge in [0.1, 0.15) is 0 Å². The van der Waals surface area contributed by atoms with E-state index >= 15 is 0 Å². The Kier molecular flexibility index (Phi) is 5.42. The quantitative estimate of drug-likeness (QED) is 0.723. The van der Waals surface area contributed by atoms with Gasteiger partial charge in [0, 0.05) is 24.1 Å². The lowest BCUT2D eigenvalue weighted by molar-refractivity contribution is 0.271. The third-order valence-electron chi connectivity index (χ3n) is 3.77. The van der Waals surface area contributed by atoms with Gasteiger partial charge in [-0.05, 0) is 56.3 Å². The van der Waals surface area contributed by atoms with Crippen LogP contribution in [0.25, 0.3) is 5.69 Å². The topological polar surface area (TPSA) is 8.17 Å². The number of aryl methyl sites for hydroxylation is 1. The molecule has 108 valence electrons. The van der Waals surface area contributed by atoms with Gasteiger partial charge in [0.05, 0.1) is 0 Å². The van der Waals surface area contributed by atoms with Gasteiger partial charge in [-0.15, -0.1) is 0 Å². The van der Waals surface area contributed by atoms with Gasteiger partial charge in [-0.25, -0.2) is 0 Å². The Morgan fingerprint density at radius 1 is 1.10 bits per heavy atom. The third kappa shape index (κ3) is 3.73. The van der Waals surface area contributed by atoms with Crippen molar-refractivity contribution in [3.8, 4) is 5.69 Å². The molecule has 0 aliphatic heterocycles. The molecular formula is C18H26N2. The van der Waals surface area contributed by atoms with Gasteiger partial charge in [-0.1, -0.05) is 32.4 Å². The molecule has 2 heteroatoms. The molecule has 0 atom stereocenters. The SMILES string of the molecule is CCCCN(CC)Cc1cccn1-c1cccc(C)c1. The lowest BCUT2D eigenvalue weighted by Gasteiger charge is -2.21. The van der Waals surface area contributed by atoms with E-state index in [1.165, 1.54) is 36.3 Å². The van der Waals surface area contributed by atoms with Crippen LogP contribution in [0.2, 0.25) is 0 Å².